The van der Waals surface area contributed by atoms with Crippen molar-refractivity contribution in [3.63, 3.8) is 0 Å². The fraction of sp³-hybridized carbons (Fsp3) is 0.348. The second kappa shape index (κ2) is 10.1. The molecule has 0 radical (unpaired) electrons. The number of ether oxygens (including phenoxy) is 4. The van der Waals surface area contributed by atoms with E-state index in [2.05, 4.69) is 4.90 Å². The Kier molecular flexibility index (Phi) is 7.32. The van der Waals surface area contributed by atoms with E-state index in [1.54, 1.807) is 31.4 Å². The normalized spacial score (nSPS) is 14.6. The number of aromatic hydroxyl groups is 1. The minimum atomic E-state index is -0.133. The predicted octanol–water partition coefficient (Wildman–Crippen LogP) is 3.15. The quantitative estimate of drug-likeness (QED) is 0.526. The van der Waals surface area contributed by atoms with Crippen molar-refractivity contribution in [3.8, 4) is 23.0 Å². The molecule has 0 spiro atoms. The van der Waals surface area contributed by atoms with Crippen molar-refractivity contribution in [2.24, 2.45) is 0 Å². The highest BCUT2D eigenvalue weighted by molar-refractivity contribution is 6.07. The molecule has 1 N–H and O–H groups in total. The smallest absolute Gasteiger partial charge is 0.200 e. The van der Waals surface area contributed by atoms with Crippen molar-refractivity contribution >= 4 is 11.9 Å². The number of benzene rings is 2. The van der Waals surface area contributed by atoms with E-state index < -0.39 is 0 Å². The first-order valence-electron chi connectivity index (χ1n) is 9.70. The van der Waals surface area contributed by atoms with Gasteiger partial charge in [-0.05, 0) is 42.0 Å². The molecular weight excluding hydrogens is 386 g/mol. The third-order valence-corrected chi connectivity index (χ3v) is 4.99. The fourth-order valence-electron chi connectivity index (χ4n) is 3.33. The van der Waals surface area contributed by atoms with Gasteiger partial charge in [-0.3, -0.25) is 9.69 Å². The highest BCUT2D eigenvalue weighted by atomic mass is 16.5. The van der Waals surface area contributed by atoms with Crippen LogP contribution >= 0.6 is 0 Å². The molecule has 0 amide bonds. The molecule has 0 aromatic heterocycles. The summed E-state index contributed by atoms with van der Waals surface area (Å²) in [6, 6.07) is 8.73. The Morgan fingerprint density at radius 2 is 1.67 bits per heavy atom. The molecule has 0 saturated carbocycles. The Hall–Kier alpha value is -3.03. The number of hydrogen-bond acceptors (Lipinski definition) is 7. The molecule has 7 heteroatoms. The topological polar surface area (TPSA) is 77.5 Å². The van der Waals surface area contributed by atoms with Crippen LogP contribution in [-0.2, 0) is 11.3 Å². The summed E-state index contributed by atoms with van der Waals surface area (Å²) >= 11 is 0. The van der Waals surface area contributed by atoms with Crippen molar-refractivity contribution in [2.45, 2.75) is 6.54 Å². The first-order chi connectivity index (χ1) is 14.5. The van der Waals surface area contributed by atoms with Crippen molar-refractivity contribution in [1.29, 1.82) is 0 Å². The van der Waals surface area contributed by atoms with E-state index in [0.717, 1.165) is 24.4 Å². The van der Waals surface area contributed by atoms with Gasteiger partial charge in [-0.25, -0.2) is 0 Å². The summed E-state index contributed by atoms with van der Waals surface area (Å²) in [5.74, 6) is 1.10. The van der Waals surface area contributed by atoms with Crippen LogP contribution in [0.15, 0.2) is 36.4 Å². The van der Waals surface area contributed by atoms with E-state index in [0.29, 0.717) is 30.9 Å². The van der Waals surface area contributed by atoms with Crippen LogP contribution in [0.1, 0.15) is 21.5 Å². The molecule has 1 heterocycles. The number of morpholine rings is 1. The summed E-state index contributed by atoms with van der Waals surface area (Å²) in [7, 11) is 4.55. The number of nitrogens with zero attached hydrogens (tertiary/aromatic N) is 1. The number of phenolic OH excluding ortho intramolecular Hbond substituents is 1. The largest absolute Gasteiger partial charge is 0.502 e. The number of carbonyl (C=O) groups excluding carboxylic acids is 1. The van der Waals surface area contributed by atoms with Crippen LogP contribution in [0.25, 0.3) is 6.08 Å². The van der Waals surface area contributed by atoms with Gasteiger partial charge in [0.15, 0.2) is 17.3 Å². The fourth-order valence-corrected chi connectivity index (χ4v) is 3.33. The number of allylic oxidation sites excluding steroid dienone is 1. The average molecular weight is 413 g/mol. The van der Waals surface area contributed by atoms with Gasteiger partial charge in [0.05, 0.1) is 34.5 Å². The summed E-state index contributed by atoms with van der Waals surface area (Å²) < 4.78 is 21.2. The molecule has 7 nitrogen and oxygen atoms in total. The Morgan fingerprint density at radius 3 is 2.27 bits per heavy atom. The van der Waals surface area contributed by atoms with Crippen LogP contribution < -0.4 is 14.2 Å². The molecule has 0 atom stereocenters. The SMILES string of the molecule is COc1ccc(C(=O)/C=C/c2cc(OC)c(O)c(OC)c2)cc1CN1CCOCC1. The molecule has 160 valence electrons. The van der Waals surface area contributed by atoms with Gasteiger partial charge in [-0.15, -0.1) is 0 Å². The lowest BCUT2D eigenvalue weighted by atomic mass is 10.0. The zero-order chi connectivity index (χ0) is 21.5. The molecule has 1 fully saturated rings. The molecule has 0 aliphatic carbocycles. The van der Waals surface area contributed by atoms with Gasteiger partial charge >= 0.3 is 0 Å². The van der Waals surface area contributed by atoms with Gasteiger partial charge in [0.2, 0.25) is 5.75 Å². The second-order valence-electron chi connectivity index (χ2n) is 6.89. The third-order valence-electron chi connectivity index (χ3n) is 4.99. The van der Waals surface area contributed by atoms with E-state index in [1.165, 1.54) is 20.3 Å². The molecule has 1 aliphatic heterocycles. The maximum absolute atomic E-state index is 12.8. The van der Waals surface area contributed by atoms with E-state index in [-0.39, 0.29) is 23.0 Å². The number of phenols is 1. The molecule has 3 rings (SSSR count). The van der Waals surface area contributed by atoms with Gasteiger partial charge in [0, 0.05) is 30.8 Å². The van der Waals surface area contributed by atoms with E-state index in [1.807, 2.05) is 12.1 Å². The first-order valence-corrected chi connectivity index (χ1v) is 9.70. The monoisotopic (exact) mass is 413 g/mol. The number of methoxy groups -OCH3 is 3. The Labute approximate surface area is 176 Å². The summed E-state index contributed by atoms with van der Waals surface area (Å²) in [5, 5.41) is 10.0. The number of hydrogen-bond donors (Lipinski definition) is 1. The van der Waals surface area contributed by atoms with E-state index in [9.17, 15) is 9.90 Å². The summed E-state index contributed by atoms with van der Waals surface area (Å²) in [6.07, 6.45) is 3.16. The lowest BCUT2D eigenvalue weighted by Gasteiger charge is -2.27. The van der Waals surface area contributed by atoms with Gasteiger partial charge in [0.1, 0.15) is 5.75 Å². The Morgan fingerprint density at radius 1 is 1.03 bits per heavy atom. The molecule has 0 bridgehead atoms. The van der Waals surface area contributed by atoms with Crippen molar-refractivity contribution < 1.29 is 28.8 Å². The van der Waals surface area contributed by atoms with E-state index >= 15 is 0 Å². The van der Waals surface area contributed by atoms with Crippen molar-refractivity contribution in [2.75, 3.05) is 47.6 Å². The third kappa shape index (κ3) is 5.11. The van der Waals surface area contributed by atoms with Crippen LogP contribution in [0.4, 0.5) is 0 Å². The lowest BCUT2D eigenvalue weighted by Crippen LogP contribution is -2.35. The van der Waals surface area contributed by atoms with Gasteiger partial charge in [-0.2, -0.15) is 0 Å². The van der Waals surface area contributed by atoms with Gasteiger partial charge in [0.25, 0.3) is 0 Å². The number of rotatable bonds is 8. The highest BCUT2D eigenvalue weighted by Gasteiger charge is 2.15. The molecular formula is C23H27NO6. The lowest BCUT2D eigenvalue weighted by molar-refractivity contribution is 0.0338. The zero-order valence-electron chi connectivity index (χ0n) is 17.5. The number of carbonyl (C=O) groups is 1. The van der Waals surface area contributed by atoms with Gasteiger partial charge < -0.3 is 24.1 Å². The van der Waals surface area contributed by atoms with Crippen LogP contribution in [0.3, 0.4) is 0 Å². The van der Waals surface area contributed by atoms with Crippen LogP contribution in [0.5, 0.6) is 23.0 Å². The minimum absolute atomic E-state index is 0.0774. The Bertz CT molecular complexity index is 893. The minimum Gasteiger partial charge on any atom is -0.502 e. The summed E-state index contributed by atoms with van der Waals surface area (Å²) in [6.45, 7) is 3.83. The number of ketones is 1. The molecule has 1 saturated heterocycles. The second-order valence-corrected chi connectivity index (χ2v) is 6.89. The molecule has 0 unspecified atom stereocenters. The van der Waals surface area contributed by atoms with Crippen LogP contribution in [0, 0.1) is 0 Å². The Balaban J connectivity index is 1.80. The molecule has 30 heavy (non-hydrogen) atoms. The van der Waals surface area contributed by atoms with Gasteiger partial charge in [-0.1, -0.05) is 6.08 Å². The predicted molar refractivity (Wildman–Crippen MR) is 114 cm³/mol. The average Bonchev–Trinajstić information content (AvgIpc) is 2.78. The van der Waals surface area contributed by atoms with Crippen molar-refractivity contribution in [1.82, 2.24) is 4.90 Å². The molecule has 1 aliphatic rings. The maximum Gasteiger partial charge on any atom is 0.200 e. The van der Waals surface area contributed by atoms with E-state index in [4.69, 9.17) is 18.9 Å². The first kappa shape index (κ1) is 21.7. The standard InChI is InChI=1S/C23H27NO6/c1-27-20-7-5-17(14-18(20)15-24-8-10-30-11-9-24)19(25)6-4-16-12-21(28-2)23(26)22(13-16)29-3/h4-7,12-14,26H,8-11,15H2,1-3H3/b6-4+. The zero-order valence-corrected chi connectivity index (χ0v) is 17.5. The van der Waals surface area contributed by atoms with Crippen molar-refractivity contribution in [3.05, 3.63) is 53.1 Å². The molecule has 2 aromatic carbocycles. The highest BCUT2D eigenvalue weighted by Crippen LogP contribution is 2.37. The van der Waals surface area contributed by atoms with Crippen LogP contribution in [-0.4, -0.2) is 63.4 Å². The maximum atomic E-state index is 12.8. The molecule has 2 aromatic rings. The summed E-state index contributed by atoms with van der Waals surface area (Å²) in [5.41, 5.74) is 2.22. The van der Waals surface area contributed by atoms with Crippen LogP contribution in [0.2, 0.25) is 0 Å². The summed E-state index contributed by atoms with van der Waals surface area (Å²) in [4.78, 5) is 15.0.